The topological polar surface area (TPSA) is 54.3 Å². The van der Waals surface area contributed by atoms with Crippen molar-refractivity contribution in [1.82, 2.24) is 5.01 Å². The minimum atomic E-state index is -0.136. The Morgan fingerprint density at radius 1 is 1.25 bits per heavy atom. The standard InChI is InChI=1S/C17H15N3O2S2/c1-22-12-6-4-11(5-7-12)13-9-14(15-3-2-8-23-15)20(19-13)16-10-24-17(21)18-16/h2-8,14H,9-10H2,1H3. The Morgan fingerprint density at radius 2 is 2.08 bits per heavy atom. The lowest BCUT2D eigenvalue weighted by Crippen LogP contribution is -2.26. The molecule has 0 radical (unpaired) electrons. The number of carbonyl (C=O) groups is 1. The number of rotatable bonds is 3. The first kappa shape index (κ1) is 15.4. The van der Waals surface area contributed by atoms with Crippen LogP contribution in [0.25, 0.3) is 0 Å². The Bertz CT molecular complexity index is 813. The van der Waals surface area contributed by atoms with Crippen LogP contribution in [0.15, 0.2) is 51.9 Å². The molecule has 122 valence electrons. The maximum absolute atomic E-state index is 11.5. The molecule has 0 spiro atoms. The summed E-state index contributed by atoms with van der Waals surface area (Å²) < 4.78 is 5.22. The van der Waals surface area contributed by atoms with Crippen molar-refractivity contribution in [2.75, 3.05) is 12.9 Å². The molecule has 3 heterocycles. The number of hydrogen-bond acceptors (Lipinski definition) is 6. The number of amidine groups is 1. The number of nitrogens with zero attached hydrogens (tertiary/aromatic N) is 3. The molecule has 1 amide bonds. The summed E-state index contributed by atoms with van der Waals surface area (Å²) in [5.41, 5.74) is 2.07. The predicted octanol–water partition coefficient (Wildman–Crippen LogP) is 4.17. The van der Waals surface area contributed by atoms with Crippen LogP contribution in [0.4, 0.5) is 4.79 Å². The second-order valence-corrected chi connectivity index (χ2v) is 7.34. The summed E-state index contributed by atoms with van der Waals surface area (Å²) in [6.45, 7) is 0. The summed E-state index contributed by atoms with van der Waals surface area (Å²) in [7, 11) is 1.66. The van der Waals surface area contributed by atoms with E-state index in [2.05, 4.69) is 16.4 Å². The van der Waals surface area contributed by atoms with Crippen LogP contribution in [-0.4, -0.2) is 34.7 Å². The highest BCUT2D eigenvalue weighted by Gasteiger charge is 2.34. The Labute approximate surface area is 148 Å². The fourth-order valence-corrected chi connectivity index (χ4v) is 4.25. The second kappa shape index (κ2) is 6.41. The smallest absolute Gasteiger partial charge is 0.307 e. The number of benzene rings is 1. The quantitative estimate of drug-likeness (QED) is 0.827. The van der Waals surface area contributed by atoms with Crippen LogP contribution < -0.4 is 4.74 Å². The van der Waals surface area contributed by atoms with Crippen molar-refractivity contribution in [2.24, 2.45) is 10.1 Å². The van der Waals surface area contributed by atoms with E-state index in [9.17, 15) is 4.79 Å². The number of thioether (sulfide) groups is 1. The van der Waals surface area contributed by atoms with E-state index in [4.69, 9.17) is 9.84 Å². The first-order valence-electron chi connectivity index (χ1n) is 7.53. The van der Waals surface area contributed by atoms with E-state index >= 15 is 0 Å². The predicted molar refractivity (Wildman–Crippen MR) is 98.3 cm³/mol. The maximum atomic E-state index is 11.5. The molecule has 0 N–H and O–H groups in total. The number of aliphatic imine (C=N–C) groups is 1. The van der Waals surface area contributed by atoms with Gasteiger partial charge in [0.25, 0.3) is 0 Å². The molecule has 7 heteroatoms. The third-order valence-electron chi connectivity index (χ3n) is 4.01. The Morgan fingerprint density at radius 3 is 2.71 bits per heavy atom. The van der Waals surface area contributed by atoms with E-state index in [-0.39, 0.29) is 11.3 Å². The first-order chi connectivity index (χ1) is 11.7. The molecular formula is C17H15N3O2S2. The van der Waals surface area contributed by atoms with E-state index in [0.29, 0.717) is 5.75 Å². The van der Waals surface area contributed by atoms with Gasteiger partial charge in [0.2, 0.25) is 0 Å². The van der Waals surface area contributed by atoms with Crippen molar-refractivity contribution in [1.29, 1.82) is 0 Å². The van der Waals surface area contributed by atoms with Gasteiger partial charge in [-0.15, -0.1) is 11.3 Å². The molecule has 5 nitrogen and oxygen atoms in total. The number of carbonyl (C=O) groups excluding carboxylic acids is 1. The molecule has 1 aromatic carbocycles. The zero-order chi connectivity index (χ0) is 16.5. The van der Waals surface area contributed by atoms with E-state index in [1.165, 1.54) is 16.6 Å². The highest BCUT2D eigenvalue weighted by molar-refractivity contribution is 8.14. The van der Waals surface area contributed by atoms with Crippen LogP contribution in [0.1, 0.15) is 22.9 Å². The molecule has 4 rings (SSSR count). The summed E-state index contributed by atoms with van der Waals surface area (Å²) in [6, 6.07) is 12.2. The largest absolute Gasteiger partial charge is 0.497 e. The summed E-state index contributed by atoms with van der Waals surface area (Å²) >= 11 is 2.93. The van der Waals surface area contributed by atoms with Gasteiger partial charge >= 0.3 is 5.24 Å². The monoisotopic (exact) mass is 357 g/mol. The zero-order valence-electron chi connectivity index (χ0n) is 13.0. The van der Waals surface area contributed by atoms with Gasteiger partial charge in [-0.3, -0.25) is 4.79 Å². The molecule has 1 aromatic heterocycles. The summed E-state index contributed by atoms with van der Waals surface area (Å²) in [4.78, 5) is 16.9. The van der Waals surface area contributed by atoms with Gasteiger partial charge in [-0.1, -0.05) is 17.8 Å². The number of hydrogen-bond donors (Lipinski definition) is 0. The fraction of sp³-hybridized carbons (Fsp3) is 0.235. The average molecular weight is 357 g/mol. The van der Waals surface area contributed by atoms with Gasteiger partial charge in [0.05, 0.1) is 24.6 Å². The van der Waals surface area contributed by atoms with Gasteiger partial charge in [-0.2, -0.15) is 10.1 Å². The van der Waals surface area contributed by atoms with Gasteiger partial charge in [-0.25, -0.2) is 5.01 Å². The van der Waals surface area contributed by atoms with Crippen molar-refractivity contribution in [3.05, 3.63) is 52.2 Å². The number of ether oxygens (including phenoxy) is 1. The van der Waals surface area contributed by atoms with Crippen molar-refractivity contribution in [3.8, 4) is 5.75 Å². The average Bonchev–Trinajstić information content (AvgIpc) is 3.34. The molecular weight excluding hydrogens is 342 g/mol. The van der Waals surface area contributed by atoms with Crippen LogP contribution in [0.2, 0.25) is 0 Å². The highest BCUT2D eigenvalue weighted by atomic mass is 32.2. The third kappa shape index (κ3) is 2.85. The molecule has 0 saturated heterocycles. The van der Waals surface area contributed by atoms with E-state index in [1.54, 1.807) is 18.4 Å². The normalized spacial score (nSPS) is 20.3. The molecule has 2 aliphatic heterocycles. The van der Waals surface area contributed by atoms with Gasteiger partial charge < -0.3 is 4.74 Å². The van der Waals surface area contributed by atoms with E-state index in [1.807, 2.05) is 35.3 Å². The van der Waals surface area contributed by atoms with Crippen LogP contribution in [-0.2, 0) is 0 Å². The van der Waals surface area contributed by atoms with Gasteiger partial charge in [0, 0.05) is 11.3 Å². The van der Waals surface area contributed by atoms with Crippen molar-refractivity contribution < 1.29 is 9.53 Å². The zero-order valence-corrected chi connectivity index (χ0v) is 14.6. The van der Waals surface area contributed by atoms with Gasteiger partial charge in [0.15, 0.2) is 0 Å². The molecule has 2 aliphatic rings. The summed E-state index contributed by atoms with van der Waals surface area (Å²) in [5, 5.41) is 8.64. The molecule has 2 aromatic rings. The van der Waals surface area contributed by atoms with Crippen LogP contribution in [0.5, 0.6) is 5.75 Å². The van der Waals surface area contributed by atoms with Crippen molar-refractivity contribution in [2.45, 2.75) is 12.5 Å². The lowest BCUT2D eigenvalue weighted by molar-refractivity contribution is 0.267. The molecule has 1 atom stereocenters. The van der Waals surface area contributed by atoms with Gasteiger partial charge in [-0.05, 0) is 41.3 Å². The molecule has 1 unspecified atom stereocenters. The molecule has 0 saturated carbocycles. The number of amides is 1. The van der Waals surface area contributed by atoms with Crippen LogP contribution in [0, 0.1) is 0 Å². The number of hydrazone groups is 1. The first-order valence-corrected chi connectivity index (χ1v) is 9.40. The minimum absolute atomic E-state index is 0.104. The fourth-order valence-electron chi connectivity index (χ4n) is 2.82. The third-order valence-corrected chi connectivity index (χ3v) is 5.73. The summed E-state index contributed by atoms with van der Waals surface area (Å²) in [5.74, 6) is 2.15. The Balaban J connectivity index is 1.68. The van der Waals surface area contributed by atoms with Crippen molar-refractivity contribution in [3.63, 3.8) is 0 Å². The molecule has 0 aliphatic carbocycles. The molecule has 0 fully saturated rings. The van der Waals surface area contributed by atoms with Gasteiger partial charge in [0.1, 0.15) is 11.6 Å². The lowest BCUT2D eigenvalue weighted by atomic mass is 10.0. The molecule has 24 heavy (non-hydrogen) atoms. The number of thiophene rings is 1. The van der Waals surface area contributed by atoms with Crippen LogP contribution >= 0.6 is 23.1 Å². The summed E-state index contributed by atoms with van der Waals surface area (Å²) in [6.07, 6.45) is 0.796. The minimum Gasteiger partial charge on any atom is -0.497 e. The van der Waals surface area contributed by atoms with E-state index < -0.39 is 0 Å². The van der Waals surface area contributed by atoms with Crippen molar-refractivity contribution >= 4 is 39.9 Å². The second-order valence-electron chi connectivity index (χ2n) is 5.44. The van der Waals surface area contributed by atoms with Crippen LogP contribution in [0.3, 0.4) is 0 Å². The van der Waals surface area contributed by atoms with E-state index in [0.717, 1.165) is 29.3 Å². The SMILES string of the molecule is COc1ccc(C2=NN(C3=NC(=O)SC3)C(c3cccs3)C2)cc1. The molecule has 0 bridgehead atoms. The Hall–Kier alpha value is -2.12. The maximum Gasteiger partial charge on any atom is 0.307 e. The lowest BCUT2D eigenvalue weighted by Gasteiger charge is -2.21. The number of methoxy groups -OCH3 is 1. The highest BCUT2D eigenvalue weighted by Crippen LogP contribution is 2.37. The Kier molecular flexibility index (Phi) is 4.12.